The van der Waals surface area contributed by atoms with E-state index in [9.17, 15) is 0 Å². The van der Waals surface area contributed by atoms with Gasteiger partial charge in [0.05, 0.1) is 13.2 Å². The topological polar surface area (TPSA) is 18.5 Å². The highest BCUT2D eigenvalue weighted by atomic mass is 16.5. The Hall–Kier alpha value is -2.06. The van der Waals surface area contributed by atoms with E-state index in [-0.39, 0.29) is 12.2 Å². The summed E-state index contributed by atoms with van der Waals surface area (Å²) in [6, 6.07) is 18.4. The van der Waals surface area contributed by atoms with Crippen LogP contribution in [0.1, 0.15) is 29.8 Å². The van der Waals surface area contributed by atoms with Crippen molar-refractivity contribution in [3.05, 3.63) is 77.9 Å². The molecule has 0 aliphatic carbocycles. The Labute approximate surface area is 119 Å². The predicted octanol–water partition coefficient (Wildman–Crippen LogP) is 4.45. The lowest BCUT2D eigenvalue weighted by atomic mass is 10.0. The summed E-state index contributed by atoms with van der Waals surface area (Å²) in [6.07, 6.45) is 5.40. The quantitative estimate of drug-likeness (QED) is 0.764. The van der Waals surface area contributed by atoms with Crippen molar-refractivity contribution in [2.45, 2.75) is 18.6 Å². The molecule has 2 nitrogen and oxygen atoms in total. The molecule has 0 fully saturated rings. The van der Waals surface area contributed by atoms with E-state index in [1.807, 2.05) is 18.2 Å². The van der Waals surface area contributed by atoms with Crippen LogP contribution in [0.5, 0.6) is 5.75 Å². The molecular formula is C18H18O2. The number of hydrogen-bond donors (Lipinski definition) is 0. The Bertz CT molecular complexity index is 572. The molecule has 0 N–H and O–H groups in total. The van der Waals surface area contributed by atoms with Gasteiger partial charge in [0, 0.05) is 0 Å². The Kier molecular flexibility index (Phi) is 3.84. The van der Waals surface area contributed by atoms with Crippen LogP contribution in [0.15, 0.2) is 66.7 Å². The summed E-state index contributed by atoms with van der Waals surface area (Å²) in [5.74, 6) is 0.869. The molecule has 1 aliphatic rings. The second kappa shape index (κ2) is 5.93. The second-order valence-electron chi connectivity index (χ2n) is 4.89. The van der Waals surface area contributed by atoms with Gasteiger partial charge in [-0.15, -0.1) is 0 Å². The molecule has 0 amide bonds. The molecule has 2 heteroatoms. The molecule has 3 rings (SSSR count). The molecule has 0 bridgehead atoms. The summed E-state index contributed by atoms with van der Waals surface area (Å²) >= 11 is 0. The summed E-state index contributed by atoms with van der Waals surface area (Å²) in [4.78, 5) is 0. The maximum absolute atomic E-state index is 6.20. The lowest BCUT2D eigenvalue weighted by molar-refractivity contribution is 0.00364. The van der Waals surface area contributed by atoms with Gasteiger partial charge >= 0.3 is 0 Å². The van der Waals surface area contributed by atoms with Gasteiger partial charge in [0.15, 0.2) is 0 Å². The minimum absolute atomic E-state index is 0.0138. The van der Waals surface area contributed by atoms with Crippen LogP contribution in [-0.4, -0.2) is 7.11 Å². The fourth-order valence-corrected chi connectivity index (χ4v) is 2.47. The van der Waals surface area contributed by atoms with Gasteiger partial charge in [0.2, 0.25) is 0 Å². The Balaban J connectivity index is 1.78. The first-order valence-corrected chi connectivity index (χ1v) is 6.88. The zero-order valence-corrected chi connectivity index (χ0v) is 11.5. The number of methoxy groups -OCH3 is 1. The molecule has 102 valence electrons. The number of benzene rings is 2. The van der Waals surface area contributed by atoms with Crippen LogP contribution < -0.4 is 4.74 Å². The van der Waals surface area contributed by atoms with E-state index < -0.39 is 0 Å². The first kappa shape index (κ1) is 12.9. The van der Waals surface area contributed by atoms with Crippen molar-refractivity contribution < 1.29 is 9.47 Å². The molecule has 0 unspecified atom stereocenters. The van der Waals surface area contributed by atoms with Gasteiger partial charge in [0.1, 0.15) is 11.9 Å². The lowest BCUT2D eigenvalue weighted by Gasteiger charge is -2.26. The molecule has 0 saturated carbocycles. The van der Waals surface area contributed by atoms with Crippen molar-refractivity contribution >= 4 is 0 Å². The third-order valence-electron chi connectivity index (χ3n) is 3.59. The highest BCUT2D eigenvalue weighted by Gasteiger charge is 2.20. The minimum Gasteiger partial charge on any atom is -0.497 e. The average molecular weight is 266 g/mol. The van der Waals surface area contributed by atoms with Crippen molar-refractivity contribution in [3.63, 3.8) is 0 Å². The standard InChI is InChI=1S/C18H18O2/c1-19-16-12-10-15(11-13-16)18-9-5-8-17(20-18)14-6-3-2-4-7-14/h2-7,9-13,17-18H,8H2,1H3/t17-,18+/m1/s1. The van der Waals surface area contributed by atoms with Gasteiger partial charge in [-0.1, -0.05) is 54.6 Å². The van der Waals surface area contributed by atoms with E-state index in [1.165, 1.54) is 5.56 Å². The monoisotopic (exact) mass is 266 g/mol. The molecule has 20 heavy (non-hydrogen) atoms. The SMILES string of the molecule is COc1ccc([C@@H]2C=CC[C@H](c3ccccc3)O2)cc1. The van der Waals surface area contributed by atoms with Crippen LogP contribution >= 0.6 is 0 Å². The van der Waals surface area contributed by atoms with Crippen LogP contribution in [-0.2, 0) is 4.74 Å². The summed E-state index contributed by atoms with van der Waals surface area (Å²) < 4.78 is 11.4. The normalized spacial score (nSPS) is 21.6. The average Bonchev–Trinajstić information content (AvgIpc) is 2.56. The first-order valence-electron chi connectivity index (χ1n) is 6.88. The van der Waals surface area contributed by atoms with Gasteiger partial charge in [-0.2, -0.15) is 0 Å². The van der Waals surface area contributed by atoms with E-state index in [0.717, 1.165) is 17.7 Å². The van der Waals surface area contributed by atoms with Crippen molar-refractivity contribution in [1.29, 1.82) is 0 Å². The molecule has 0 radical (unpaired) electrons. The number of ether oxygens (including phenoxy) is 2. The zero-order chi connectivity index (χ0) is 13.8. The van der Waals surface area contributed by atoms with Crippen molar-refractivity contribution in [2.75, 3.05) is 7.11 Å². The number of hydrogen-bond acceptors (Lipinski definition) is 2. The molecular weight excluding hydrogens is 248 g/mol. The summed E-state index contributed by atoms with van der Waals surface area (Å²) in [5.41, 5.74) is 2.39. The molecule has 0 saturated heterocycles. The van der Waals surface area contributed by atoms with E-state index >= 15 is 0 Å². The molecule has 2 aromatic rings. The van der Waals surface area contributed by atoms with E-state index in [1.54, 1.807) is 7.11 Å². The van der Waals surface area contributed by atoms with Crippen molar-refractivity contribution in [3.8, 4) is 5.75 Å². The van der Waals surface area contributed by atoms with Gasteiger partial charge in [0.25, 0.3) is 0 Å². The molecule has 0 spiro atoms. The highest BCUT2D eigenvalue weighted by molar-refractivity contribution is 5.31. The Morgan fingerprint density at radius 1 is 0.950 bits per heavy atom. The number of rotatable bonds is 3. The van der Waals surface area contributed by atoms with E-state index in [2.05, 4.69) is 48.6 Å². The summed E-state index contributed by atoms with van der Waals surface area (Å²) in [5, 5.41) is 0. The van der Waals surface area contributed by atoms with Crippen molar-refractivity contribution in [2.24, 2.45) is 0 Å². The fourth-order valence-electron chi connectivity index (χ4n) is 2.47. The van der Waals surface area contributed by atoms with Crippen LogP contribution in [0, 0.1) is 0 Å². The van der Waals surface area contributed by atoms with Gasteiger partial charge in [-0.25, -0.2) is 0 Å². The van der Waals surface area contributed by atoms with E-state index in [4.69, 9.17) is 9.47 Å². The molecule has 2 atom stereocenters. The van der Waals surface area contributed by atoms with Gasteiger partial charge < -0.3 is 9.47 Å². The molecule has 1 aliphatic heterocycles. The summed E-state index contributed by atoms with van der Waals surface area (Å²) in [7, 11) is 1.68. The summed E-state index contributed by atoms with van der Waals surface area (Å²) in [6.45, 7) is 0. The van der Waals surface area contributed by atoms with Crippen LogP contribution in [0.4, 0.5) is 0 Å². The van der Waals surface area contributed by atoms with Crippen molar-refractivity contribution in [1.82, 2.24) is 0 Å². The highest BCUT2D eigenvalue weighted by Crippen LogP contribution is 2.34. The zero-order valence-electron chi connectivity index (χ0n) is 11.5. The van der Waals surface area contributed by atoms with Gasteiger partial charge in [-0.3, -0.25) is 0 Å². The van der Waals surface area contributed by atoms with Crippen LogP contribution in [0.3, 0.4) is 0 Å². The first-order chi connectivity index (χ1) is 9.86. The molecule has 0 aromatic heterocycles. The Morgan fingerprint density at radius 2 is 1.70 bits per heavy atom. The van der Waals surface area contributed by atoms with Crippen LogP contribution in [0.2, 0.25) is 0 Å². The fraction of sp³-hybridized carbons (Fsp3) is 0.222. The molecule has 1 heterocycles. The maximum atomic E-state index is 6.20. The smallest absolute Gasteiger partial charge is 0.118 e. The second-order valence-corrected chi connectivity index (χ2v) is 4.89. The third-order valence-corrected chi connectivity index (χ3v) is 3.59. The van der Waals surface area contributed by atoms with E-state index in [0.29, 0.717) is 0 Å². The molecule has 2 aromatic carbocycles. The Morgan fingerprint density at radius 3 is 2.40 bits per heavy atom. The minimum atomic E-state index is 0.0138. The maximum Gasteiger partial charge on any atom is 0.118 e. The largest absolute Gasteiger partial charge is 0.497 e. The third kappa shape index (κ3) is 2.75. The van der Waals surface area contributed by atoms with Gasteiger partial charge in [-0.05, 0) is 29.7 Å². The predicted molar refractivity (Wildman–Crippen MR) is 79.8 cm³/mol. The lowest BCUT2D eigenvalue weighted by Crippen LogP contribution is -2.12. The van der Waals surface area contributed by atoms with Crippen LogP contribution in [0.25, 0.3) is 0 Å².